The van der Waals surface area contributed by atoms with Gasteiger partial charge in [0.05, 0.1) is 11.0 Å². The molecule has 136 valence electrons. The first kappa shape index (κ1) is 18.3. The molecule has 5 nitrogen and oxygen atoms in total. The van der Waals surface area contributed by atoms with Crippen molar-refractivity contribution in [3.8, 4) is 5.75 Å². The summed E-state index contributed by atoms with van der Waals surface area (Å²) in [6.45, 7) is 5.12. The van der Waals surface area contributed by atoms with Crippen molar-refractivity contribution < 1.29 is 9.53 Å². The first-order valence-electron chi connectivity index (χ1n) is 8.68. The predicted octanol–water partition coefficient (Wildman–Crippen LogP) is 4.10. The highest BCUT2D eigenvalue weighted by Crippen LogP contribution is 2.23. The molecule has 2 aromatic carbocycles. The Balaban J connectivity index is 1.83. The number of carbonyl (C=O) groups is 1. The Morgan fingerprint density at radius 3 is 2.85 bits per heavy atom. The van der Waals surface area contributed by atoms with E-state index in [1.54, 1.807) is 0 Å². The lowest BCUT2D eigenvalue weighted by Crippen LogP contribution is -2.28. The Morgan fingerprint density at radius 1 is 1.27 bits per heavy atom. The maximum absolute atomic E-state index is 12.2. The molecule has 0 atom stereocenters. The van der Waals surface area contributed by atoms with Crippen molar-refractivity contribution >= 4 is 28.5 Å². The zero-order valence-electron chi connectivity index (χ0n) is 15.0. The van der Waals surface area contributed by atoms with Gasteiger partial charge >= 0.3 is 0 Å². The van der Waals surface area contributed by atoms with Crippen LogP contribution in [0.2, 0.25) is 5.02 Å². The number of para-hydroxylation sites is 2. The molecule has 0 fully saturated rings. The average Bonchev–Trinajstić information content (AvgIpc) is 2.98. The normalized spacial score (nSPS) is 10.9. The molecule has 0 bridgehead atoms. The molecule has 0 aliphatic heterocycles. The maximum Gasteiger partial charge on any atom is 0.240 e. The Kier molecular flexibility index (Phi) is 5.78. The van der Waals surface area contributed by atoms with E-state index in [2.05, 4.69) is 10.3 Å². The minimum Gasteiger partial charge on any atom is -0.486 e. The van der Waals surface area contributed by atoms with Gasteiger partial charge in [0, 0.05) is 11.6 Å². The van der Waals surface area contributed by atoms with Crippen molar-refractivity contribution in [2.75, 3.05) is 6.54 Å². The van der Waals surface area contributed by atoms with Gasteiger partial charge in [0.1, 0.15) is 24.7 Å². The summed E-state index contributed by atoms with van der Waals surface area (Å²) < 4.78 is 7.79. The SMILES string of the molecule is CCCNC(=O)Cn1c(COc2ccc(Cl)c(C)c2)nc2ccccc21. The van der Waals surface area contributed by atoms with E-state index < -0.39 is 0 Å². The van der Waals surface area contributed by atoms with Crippen molar-refractivity contribution in [2.24, 2.45) is 0 Å². The van der Waals surface area contributed by atoms with Gasteiger partial charge in [0.2, 0.25) is 5.91 Å². The van der Waals surface area contributed by atoms with Crippen LogP contribution in [0.25, 0.3) is 11.0 Å². The minimum atomic E-state index is -0.0291. The number of halogens is 1. The molecule has 0 saturated carbocycles. The number of rotatable bonds is 7. The number of hydrogen-bond donors (Lipinski definition) is 1. The summed E-state index contributed by atoms with van der Waals surface area (Å²) in [5, 5.41) is 3.61. The summed E-state index contributed by atoms with van der Waals surface area (Å²) in [4.78, 5) is 16.8. The minimum absolute atomic E-state index is 0.0291. The molecule has 0 aliphatic carbocycles. The van der Waals surface area contributed by atoms with Crippen molar-refractivity contribution in [3.63, 3.8) is 0 Å². The molecule has 1 N–H and O–H groups in total. The summed E-state index contributed by atoms with van der Waals surface area (Å²) in [5.74, 6) is 1.41. The molecule has 0 saturated heterocycles. The van der Waals surface area contributed by atoms with E-state index in [0.717, 1.165) is 28.8 Å². The molecule has 0 unspecified atom stereocenters. The Morgan fingerprint density at radius 2 is 2.08 bits per heavy atom. The van der Waals surface area contributed by atoms with Gasteiger partial charge in [0.25, 0.3) is 0 Å². The van der Waals surface area contributed by atoms with Gasteiger partial charge in [-0.1, -0.05) is 30.7 Å². The summed E-state index contributed by atoms with van der Waals surface area (Å²) in [6, 6.07) is 13.3. The highest BCUT2D eigenvalue weighted by atomic mass is 35.5. The maximum atomic E-state index is 12.2. The number of carbonyl (C=O) groups excluding carboxylic acids is 1. The van der Waals surface area contributed by atoms with Gasteiger partial charge < -0.3 is 14.6 Å². The van der Waals surface area contributed by atoms with E-state index in [0.29, 0.717) is 17.4 Å². The second-order valence-electron chi connectivity index (χ2n) is 6.15. The van der Waals surface area contributed by atoms with Gasteiger partial charge in [-0.2, -0.15) is 0 Å². The first-order valence-corrected chi connectivity index (χ1v) is 9.06. The number of nitrogens with one attached hydrogen (secondary N) is 1. The van der Waals surface area contributed by atoms with E-state index in [1.165, 1.54) is 0 Å². The van der Waals surface area contributed by atoms with Crippen molar-refractivity contribution in [3.05, 3.63) is 58.9 Å². The molecular weight excluding hydrogens is 350 g/mol. The third kappa shape index (κ3) is 4.17. The fourth-order valence-electron chi connectivity index (χ4n) is 2.73. The molecule has 1 heterocycles. The number of hydrogen-bond acceptors (Lipinski definition) is 3. The van der Waals surface area contributed by atoms with Gasteiger partial charge in [-0.15, -0.1) is 0 Å². The van der Waals surface area contributed by atoms with Crippen LogP contribution in [0.5, 0.6) is 5.75 Å². The molecule has 0 radical (unpaired) electrons. The number of nitrogens with zero attached hydrogens (tertiary/aromatic N) is 2. The van der Waals surface area contributed by atoms with Crippen LogP contribution in [0.1, 0.15) is 24.7 Å². The monoisotopic (exact) mass is 371 g/mol. The average molecular weight is 372 g/mol. The molecule has 3 aromatic rings. The number of imidazole rings is 1. The van der Waals surface area contributed by atoms with Crippen molar-refractivity contribution in [2.45, 2.75) is 33.4 Å². The van der Waals surface area contributed by atoms with Crippen LogP contribution in [0, 0.1) is 6.92 Å². The fraction of sp³-hybridized carbons (Fsp3) is 0.300. The van der Waals surface area contributed by atoms with Crippen molar-refractivity contribution in [1.29, 1.82) is 0 Å². The number of amides is 1. The highest BCUT2D eigenvalue weighted by Gasteiger charge is 2.14. The van der Waals surface area contributed by atoms with E-state index in [1.807, 2.05) is 60.9 Å². The Labute approximate surface area is 157 Å². The molecule has 26 heavy (non-hydrogen) atoms. The van der Waals surface area contributed by atoms with Crippen LogP contribution in [-0.2, 0) is 17.9 Å². The quantitative estimate of drug-likeness (QED) is 0.680. The van der Waals surface area contributed by atoms with Crippen LogP contribution in [0.15, 0.2) is 42.5 Å². The zero-order valence-corrected chi connectivity index (χ0v) is 15.7. The van der Waals surface area contributed by atoms with Crippen LogP contribution in [0.4, 0.5) is 0 Å². The predicted molar refractivity (Wildman–Crippen MR) is 104 cm³/mol. The summed E-state index contributed by atoms with van der Waals surface area (Å²) in [6.07, 6.45) is 0.905. The van der Waals surface area contributed by atoms with Crippen LogP contribution < -0.4 is 10.1 Å². The van der Waals surface area contributed by atoms with Gasteiger partial charge in [-0.3, -0.25) is 4.79 Å². The molecule has 0 aliphatic rings. The van der Waals surface area contributed by atoms with Crippen molar-refractivity contribution in [1.82, 2.24) is 14.9 Å². The van der Waals surface area contributed by atoms with Crippen LogP contribution in [-0.4, -0.2) is 22.0 Å². The second-order valence-corrected chi connectivity index (χ2v) is 6.56. The van der Waals surface area contributed by atoms with E-state index in [9.17, 15) is 4.79 Å². The Hall–Kier alpha value is -2.53. The highest BCUT2D eigenvalue weighted by molar-refractivity contribution is 6.31. The number of aromatic nitrogens is 2. The lowest BCUT2D eigenvalue weighted by atomic mass is 10.2. The molecule has 1 amide bonds. The number of aryl methyl sites for hydroxylation is 1. The van der Waals surface area contributed by atoms with Gasteiger partial charge in [0.15, 0.2) is 0 Å². The molecular formula is C20H22ClN3O2. The van der Waals surface area contributed by atoms with E-state index in [-0.39, 0.29) is 19.1 Å². The molecule has 0 spiro atoms. The van der Waals surface area contributed by atoms with E-state index >= 15 is 0 Å². The lowest BCUT2D eigenvalue weighted by molar-refractivity contribution is -0.121. The topological polar surface area (TPSA) is 56.2 Å². The zero-order chi connectivity index (χ0) is 18.5. The summed E-state index contributed by atoms with van der Waals surface area (Å²) in [5.41, 5.74) is 2.73. The second kappa shape index (κ2) is 8.23. The number of ether oxygens (including phenoxy) is 1. The number of benzene rings is 2. The van der Waals surface area contributed by atoms with Crippen LogP contribution >= 0.6 is 11.6 Å². The third-order valence-corrected chi connectivity index (χ3v) is 4.53. The first-order chi connectivity index (χ1) is 12.6. The molecule has 3 rings (SSSR count). The van der Waals surface area contributed by atoms with Gasteiger partial charge in [-0.25, -0.2) is 4.98 Å². The lowest BCUT2D eigenvalue weighted by Gasteiger charge is -2.11. The Bertz CT molecular complexity index is 921. The van der Waals surface area contributed by atoms with Crippen LogP contribution in [0.3, 0.4) is 0 Å². The number of fused-ring (bicyclic) bond motifs is 1. The third-order valence-electron chi connectivity index (χ3n) is 4.10. The standard InChI is InChI=1S/C20H22ClN3O2/c1-3-10-22-20(25)12-24-18-7-5-4-6-17(18)23-19(24)13-26-15-8-9-16(21)14(2)11-15/h4-9,11H,3,10,12-13H2,1-2H3,(H,22,25). The fourth-order valence-corrected chi connectivity index (χ4v) is 2.85. The summed E-state index contributed by atoms with van der Waals surface area (Å²) >= 11 is 6.06. The van der Waals surface area contributed by atoms with Gasteiger partial charge in [-0.05, 0) is 49.2 Å². The molecule has 6 heteroatoms. The smallest absolute Gasteiger partial charge is 0.240 e. The largest absolute Gasteiger partial charge is 0.486 e. The molecule has 1 aromatic heterocycles. The van der Waals surface area contributed by atoms with E-state index in [4.69, 9.17) is 16.3 Å². The summed E-state index contributed by atoms with van der Waals surface area (Å²) in [7, 11) is 0.